The van der Waals surface area contributed by atoms with E-state index in [2.05, 4.69) is 16.9 Å². The molecule has 0 saturated heterocycles. The molecular formula is C12H16N2O2. The third kappa shape index (κ3) is 2.52. The maximum Gasteiger partial charge on any atom is 0.238 e. The Labute approximate surface area is 95.0 Å². The van der Waals surface area contributed by atoms with Crippen molar-refractivity contribution in [1.29, 1.82) is 0 Å². The number of rotatable bonds is 3. The summed E-state index contributed by atoms with van der Waals surface area (Å²) in [5.74, 6) is 0.934. The Morgan fingerprint density at radius 2 is 2.38 bits per heavy atom. The van der Waals surface area contributed by atoms with E-state index in [-0.39, 0.29) is 5.91 Å². The Balaban J connectivity index is 2.08. The first kappa shape index (κ1) is 11.0. The van der Waals surface area contributed by atoms with Gasteiger partial charge in [0.15, 0.2) is 0 Å². The Morgan fingerprint density at radius 3 is 3.19 bits per heavy atom. The number of carbonyl (C=O) groups is 1. The number of fused-ring (bicyclic) bond motifs is 1. The van der Waals surface area contributed by atoms with Crippen molar-refractivity contribution >= 4 is 5.91 Å². The lowest BCUT2D eigenvalue weighted by atomic mass is 10.0. The number of aryl methyl sites for hydroxylation is 1. The number of amides is 1. The third-order valence-corrected chi connectivity index (χ3v) is 2.60. The summed E-state index contributed by atoms with van der Waals surface area (Å²) < 4.78 is 5.52. The fourth-order valence-corrected chi connectivity index (χ4v) is 1.89. The third-order valence-electron chi connectivity index (χ3n) is 2.60. The molecule has 0 radical (unpaired) electrons. The number of ether oxygens (including phenoxy) is 1. The Kier molecular flexibility index (Phi) is 3.41. The largest absolute Gasteiger partial charge is 0.493 e. The predicted molar refractivity (Wildman–Crippen MR) is 61.2 cm³/mol. The van der Waals surface area contributed by atoms with Crippen LogP contribution in [-0.2, 0) is 17.6 Å². The summed E-state index contributed by atoms with van der Waals surface area (Å²) in [5.41, 5.74) is 7.41. The van der Waals surface area contributed by atoms with Crippen LogP contribution in [0.15, 0.2) is 18.2 Å². The van der Waals surface area contributed by atoms with Crippen LogP contribution in [0.2, 0.25) is 0 Å². The van der Waals surface area contributed by atoms with Crippen LogP contribution in [0.4, 0.5) is 0 Å². The van der Waals surface area contributed by atoms with Gasteiger partial charge in [-0.3, -0.25) is 10.2 Å². The molecule has 1 aliphatic rings. The van der Waals surface area contributed by atoms with E-state index in [1.807, 2.05) is 12.1 Å². The summed E-state index contributed by atoms with van der Waals surface area (Å²) in [6.45, 7) is 0.798. The molecule has 1 aromatic carbocycles. The van der Waals surface area contributed by atoms with Crippen LogP contribution in [0, 0.1) is 0 Å². The van der Waals surface area contributed by atoms with Crippen LogP contribution in [0.5, 0.6) is 5.75 Å². The lowest BCUT2D eigenvalue weighted by Gasteiger charge is -2.17. The summed E-state index contributed by atoms with van der Waals surface area (Å²) in [6, 6.07) is 5.96. The van der Waals surface area contributed by atoms with Crippen LogP contribution in [0.25, 0.3) is 0 Å². The van der Waals surface area contributed by atoms with Crippen molar-refractivity contribution in [3.63, 3.8) is 0 Å². The molecule has 1 heterocycles. The lowest BCUT2D eigenvalue weighted by Crippen LogP contribution is -2.35. The van der Waals surface area contributed by atoms with E-state index in [0.29, 0.717) is 6.42 Å². The Bertz CT molecular complexity index is 391. The summed E-state index contributed by atoms with van der Waals surface area (Å²) in [4.78, 5) is 11.4. The van der Waals surface area contributed by atoms with Crippen LogP contribution in [0.3, 0.4) is 0 Å². The number of carbonyl (C=O) groups excluding carboxylic acids is 1. The van der Waals surface area contributed by atoms with E-state index in [4.69, 9.17) is 4.74 Å². The molecule has 1 aromatic rings. The molecule has 0 spiro atoms. The molecule has 0 aliphatic carbocycles. The van der Waals surface area contributed by atoms with Crippen LogP contribution >= 0.6 is 0 Å². The van der Waals surface area contributed by atoms with Crippen molar-refractivity contribution in [3.05, 3.63) is 29.3 Å². The second-order valence-corrected chi connectivity index (χ2v) is 3.87. The maximum atomic E-state index is 11.4. The zero-order valence-electron chi connectivity index (χ0n) is 9.38. The van der Waals surface area contributed by atoms with Gasteiger partial charge >= 0.3 is 0 Å². The summed E-state index contributed by atoms with van der Waals surface area (Å²) >= 11 is 0. The molecule has 2 rings (SSSR count). The molecule has 1 amide bonds. The molecule has 1 aliphatic heterocycles. The highest BCUT2D eigenvalue weighted by Gasteiger charge is 2.11. The highest BCUT2D eigenvalue weighted by atomic mass is 16.5. The van der Waals surface area contributed by atoms with Crippen molar-refractivity contribution in [2.45, 2.75) is 19.3 Å². The fraction of sp³-hybridized carbons (Fsp3) is 0.417. The second-order valence-electron chi connectivity index (χ2n) is 3.87. The SMILES string of the molecule is CNNC(=O)Cc1ccc2c(c1)CCCO2. The number of hydrogen-bond donors (Lipinski definition) is 2. The number of hydrazine groups is 1. The van der Waals surface area contributed by atoms with Gasteiger partial charge in [-0.2, -0.15) is 0 Å². The molecular weight excluding hydrogens is 204 g/mol. The van der Waals surface area contributed by atoms with Crippen molar-refractivity contribution in [3.8, 4) is 5.75 Å². The average molecular weight is 220 g/mol. The molecule has 0 saturated carbocycles. The lowest BCUT2D eigenvalue weighted by molar-refractivity contribution is -0.121. The van der Waals surface area contributed by atoms with E-state index < -0.39 is 0 Å². The van der Waals surface area contributed by atoms with Gasteiger partial charge in [-0.1, -0.05) is 12.1 Å². The molecule has 16 heavy (non-hydrogen) atoms. The normalized spacial score (nSPS) is 13.8. The van der Waals surface area contributed by atoms with Gasteiger partial charge in [0.1, 0.15) is 5.75 Å². The first-order chi connectivity index (χ1) is 7.79. The quantitative estimate of drug-likeness (QED) is 0.741. The first-order valence-corrected chi connectivity index (χ1v) is 5.50. The minimum absolute atomic E-state index is 0.0285. The molecule has 0 fully saturated rings. The van der Waals surface area contributed by atoms with Gasteiger partial charge < -0.3 is 4.74 Å². The van der Waals surface area contributed by atoms with Gasteiger partial charge in [-0.25, -0.2) is 5.43 Å². The van der Waals surface area contributed by atoms with E-state index in [1.54, 1.807) is 7.05 Å². The van der Waals surface area contributed by atoms with Crippen LogP contribution in [0.1, 0.15) is 17.5 Å². The van der Waals surface area contributed by atoms with Gasteiger partial charge in [0.2, 0.25) is 5.91 Å². The molecule has 4 heteroatoms. The smallest absolute Gasteiger partial charge is 0.238 e. The van der Waals surface area contributed by atoms with Gasteiger partial charge in [0.25, 0.3) is 0 Å². The Hall–Kier alpha value is -1.55. The fourth-order valence-electron chi connectivity index (χ4n) is 1.89. The van der Waals surface area contributed by atoms with Crippen molar-refractivity contribution in [2.24, 2.45) is 0 Å². The van der Waals surface area contributed by atoms with E-state index in [1.165, 1.54) is 5.56 Å². The van der Waals surface area contributed by atoms with Crippen molar-refractivity contribution < 1.29 is 9.53 Å². The number of benzene rings is 1. The van der Waals surface area contributed by atoms with E-state index in [0.717, 1.165) is 30.8 Å². The van der Waals surface area contributed by atoms with Gasteiger partial charge in [0.05, 0.1) is 13.0 Å². The number of nitrogens with one attached hydrogen (secondary N) is 2. The van der Waals surface area contributed by atoms with E-state index in [9.17, 15) is 4.79 Å². The highest BCUT2D eigenvalue weighted by molar-refractivity contribution is 5.78. The van der Waals surface area contributed by atoms with Crippen molar-refractivity contribution in [2.75, 3.05) is 13.7 Å². The van der Waals surface area contributed by atoms with Gasteiger partial charge in [0, 0.05) is 7.05 Å². The topological polar surface area (TPSA) is 50.4 Å². The minimum Gasteiger partial charge on any atom is -0.493 e. The molecule has 2 N–H and O–H groups in total. The predicted octanol–water partition coefficient (Wildman–Crippen LogP) is 0.805. The second kappa shape index (κ2) is 4.99. The summed E-state index contributed by atoms with van der Waals surface area (Å²) in [6.07, 6.45) is 2.49. The maximum absolute atomic E-state index is 11.4. The monoisotopic (exact) mass is 220 g/mol. The number of hydrogen-bond acceptors (Lipinski definition) is 3. The van der Waals surface area contributed by atoms with Gasteiger partial charge in [-0.15, -0.1) is 0 Å². The highest BCUT2D eigenvalue weighted by Crippen LogP contribution is 2.25. The summed E-state index contributed by atoms with van der Waals surface area (Å²) in [5, 5.41) is 0. The molecule has 0 unspecified atom stereocenters. The van der Waals surface area contributed by atoms with Gasteiger partial charge in [-0.05, 0) is 30.0 Å². The van der Waals surface area contributed by atoms with E-state index >= 15 is 0 Å². The Morgan fingerprint density at radius 1 is 1.50 bits per heavy atom. The van der Waals surface area contributed by atoms with Crippen LogP contribution < -0.4 is 15.6 Å². The zero-order valence-corrected chi connectivity index (χ0v) is 9.38. The first-order valence-electron chi connectivity index (χ1n) is 5.50. The zero-order chi connectivity index (χ0) is 11.4. The average Bonchev–Trinajstić information content (AvgIpc) is 2.29. The summed E-state index contributed by atoms with van der Waals surface area (Å²) in [7, 11) is 1.68. The minimum atomic E-state index is -0.0285. The molecule has 86 valence electrons. The van der Waals surface area contributed by atoms with Crippen LogP contribution in [-0.4, -0.2) is 19.6 Å². The van der Waals surface area contributed by atoms with Crippen molar-refractivity contribution in [1.82, 2.24) is 10.9 Å². The molecule has 0 atom stereocenters. The molecule has 4 nitrogen and oxygen atoms in total. The standard InChI is InChI=1S/C12H16N2O2/c1-13-14-12(15)8-9-4-5-11-10(7-9)3-2-6-16-11/h4-5,7,13H,2-3,6,8H2,1H3,(H,14,15). The molecule has 0 bridgehead atoms. The molecule has 0 aromatic heterocycles.